The Bertz CT molecular complexity index is 1240. The van der Waals surface area contributed by atoms with Gasteiger partial charge >= 0.3 is 0 Å². The zero-order valence-electron chi connectivity index (χ0n) is 15.1. The average Bonchev–Trinajstić information content (AvgIpc) is 3.17. The monoisotopic (exact) mass is 404 g/mol. The predicted molar refractivity (Wildman–Crippen MR) is 113 cm³/mol. The molecule has 8 heteroatoms. The van der Waals surface area contributed by atoms with Crippen LogP contribution in [0.2, 0.25) is 0 Å². The summed E-state index contributed by atoms with van der Waals surface area (Å²) in [5.74, 6) is -0.295. The third-order valence-electron chi connectivity index (χ3n) is 4.26. The van der Waals surface area contributed by atoms with Crippen LogP contribution in [0, 0.1) is 0 Å². The van der Waals surface area contributed by atoms with Gasteiger partial charge < -0.3 is 5.11 Å². The van der Waals surface area contributed by atoms with Crippen LogP contribution < -0.4 is 11.0 Å². The quantitative estimate of drug-likeness (QED) is 0.395. The number of rotatable bonds is 5. The fraction of sp³-hybridized carbons (Fsp3) is 0.0476. The molecule has 2 aromatic carbocycles. The summed E-state index contributed by atoms with van der Waals surface area (Å²) < 4.78 is 1.27. The molecule has 1 amide bonds. The second kappa shape index (κ2) is 8.07. The van der Waals surface area contributed by atoms with Gasteiger partial charge in [-0.3, -0.25) is 14.2 Å². The Morgan fingerprint density at radius 1 is 1.17 bits per heavy atom. The molecule has 0 saturated heterocycles. The molecular weight excluding hydrogens is 388 g/mol. The minimum atomic E-state index is -0.445. The maximum Gasteiger partial charge on any atom is 0.263 e. The molecule has 0 radical (unpaired) electrons. The molecule has 0 spiro atoms. The molecule has 0 aliphatic carbocycles. The molecule has 144 valence electrons. The Balaban J connectivity index is 1.53. The van der Waals surface area contributed by atoms with Crippen molar-refractivity contribution >= 4 is 33.7 Å². The first-order valence-electron chi connectivity index (χ1n) is 8.75. The van der Waals surface area contributed by atoms with Crippen molar-refractivity contribution in [1.82, 2.24) is 15.0 Å². The van der Waals surface area contributed by atoms with Gasteiger partial charge in [-0.25, -0.2) is 10.4 Å². The summed E-state index contributed by atoms with van der Waals surface area (Å²) >= 11 is 1.40. The van der Waals surface area contributed by atoms with Crippen LogP contribution >= 0.6 is 11.3 Å². The molecule has 0 saturated carbocycles. The van der Waals surface area contributed by atoms with Crippen LogP contribution in [0.15, 0.2) is 76.2 Å². The molecule has 0 atom stereocenters. The van der Waals surface area contributed by atoms with Gasteiger partial charge in [-0.1, -0.05) is 30.3 Å². The number of benzene rings is 2. The topological polar surface area (TPSA) is 96.6 Å². The molecule has 0 fully saturated rings. The molecule has 0 aliphatic rings. The van der Waals surface area contributed by atoms with Crippen molar-refractivity contribution in [3.63, 3.8) is 0 Å². The highest BCUT2D eigenvalue weighted by atomic mass is 32.1. The SMILES string of the molecule is O=C(Cn1cnc2scc(-c3ccccc3)c2c1=O)N/N=C/c1ccc(O)cc1. The number of thiophene rings is 1. The first kappa shape index (κ1) is 18.6. The Kier molecular flexibility index (Phi) is 5.17. The second-order valence-corrected chi connectivity index (χ2v) is 7.12. The van der Waals surface area contributed by atoms with Crippen LogP contribution in [0.4, 0.5) is 0 Å². The van der Waals surface area contributed by atoms with Crippen molar-refractivity contribution in [3.05, 3.63) is 82.2 Å². The highest BCUT2D eigenvalue weighted by Crippen LogP contribution is 2.30. The third-order valence-corrected chi connectivity index (χ3v) is 5.14. The number of nitrogens with one attached hydrogen (secondary N) is 1. The lowest BCUT2D eigenvalue weighted by Gasteiger charge is -2.05. The first-order valence-corrected chi connectivity index (χ1v) is 9.63. The summed E-state index contributed by atoms with van der Waals surface area (Å²) in [5, 5.41) is 15.5. The van der Waals surface area contributed by atoms with Gasteiger partial charge in [-0.05, 0) is 35.4 Å². The molecule has 7 nitrogen and oxygen atoms in total. The maximum absolute atomic E-state index is 12.9. The van der Waals surface area contributed by atoms with Crippen molar-refractivity contribution in [1.29, 1.82) is 0 Å². The fourth-order valence-electron chi connectivity index (χ4n) is 2.84. The summed E-state index contributed by atoms with van der Waals surface area (Å²) in [6.07, 6.45) is 2.83. The van der Waals surface area contributed by atoms with Gasteiger partial charge in [0, 0.05) is 10.9 Å². The molecule has 0 unspecified atom stereocenters. The van der Waals surface area contributed by atoms with Crippen LogP contribution in [-0.4, -0.2) is 26.8 Å². The van der Waals surface area contributed by atoms with Crippen molar-refractivity contribution < 1.29 is 9.90 Å². The summed E-state index contributed by atoms with van der Waals surface area (Å²) in [6.45, 7) is -0.196. The minimum Gasteiger partial charge on any atom is -0.508 e. The third kappa shape index (κ3) is 4.07. The number of aromatic nitrogens is 2. The van der Waals surface area contributed by atoms with E-state index in [0.29, 0.717) is 15.8 Å². The van der Waals surface area contributed by atoms with E-state index in [4.69, 9.17) is 0 Å². The summed E-state index contributed by atoms with van der Waals surface area (Å²) in [5.41, 5.74) is 4.58. The van der Waals surface area contributed by atoms with E-state index in [1.54, 1.807) is 12.1 Å². The van der Waals surface area contributed by atoms with Gasteiger partial charge in [0.15, 0.2) is 0 Å². The van der Waals surface area contributed by atoms with E-state index in [2.05, 4.69) is 15.5 Å². The van der Waals surface area contributed by atoms with Crippen LogP contribution in [0.25, 0.3) is 21.3 Å². The van der Waals surface area contributed by atoms with Gasteiger partial charge in [0.2, 0.25) is 0 Å². The lowest BCUT2D eigenvalue weighted by molar-refractivity contribution is -0.121. The van der Waals surface area contributed by atoms with E-state index in [1.165, 1.54) is 40.6 Å². The van der Waals surface area contributed by atoms with Crippen molar-refractivity contribution in [2.75, 3.05) is 0 Å². The lowest BCUT2D eigenvalue weighted by atomic mass is 10.1. The number of aromatic hydroxyl groups is 1. The van der Waals surface area contributed by atoms with Crippen molar-refractivity contribution in [2.24, 2.45) is 5.10 Å². The Morgan fingerprint density at radius 2 is 1.93 bits per heavy atom. The highest BCUT2D eigenvalue weighted by molar-refractivity contribution is 7.17. The molecule has 29 heavy (non-hydrogen) atoms. The fourth-order valence-corrected chi connectivity index (χ4v) is 3.75. The Hall–Kier alpha value is -3.78. The zero-order chi connectivity index (χ0) is 20.2. The van der Waals surface area contributed by atoms with Gasteiger partial charge in [-0.15, -0.1) is 11.3 Å². The Labute approximate surface area is 169 Å². The zero-order valence-corrected chi connectivity index (χ0v) is 16.0. The average molecular weight is 404 g/mol. The molecular formula is C21H16N4O3S. The Morgan fingerprint density at radius 3 is 2.69 bits per heavy atom. The smallest absolute Gasteiger partial charge is 0.263 e. The lowest BCUT2D eigenvalue weighted by Crippen LogP contribution is -2.30. The molecule has 0 aliphatic heterocycles. The van der Waals surface area contributed by atoms with E-state index in [1.807, 2.05) is 35.7 Å². The molecule has 2 aromatic heterocycles. The van der Waals surface area contributed by atoms with Crippen LogP contribution in [0.3, 0.4) is 0 Å². The predicted octanol–water partition coefficient (Wildman–Crippen LogP) is 2.98. The van der Waals surface area contributed by atoms with Crippen LogP contribution in [-0.2, 0) is 11.3 Å². The highest BCUT2D eigenvalue weighted by Gasteiger charge is 2.14. The van der Waals surface area contributed by atoms with Gasteiger partial charge in [0.25, 0.3) is 11.5 Å². The number of hydrazone groups is 1. The molecule has 2 N–H and O–H groups in total. The number of hydrogen-bond donors (Lipinski definition) is 2. The van der Waals surface area contributed by atoms with E-state index >= 15 is 0 Å². The molecule has 4 aromatic rings. The summed E-state index contributed by atoms with van der Waals surface area (Å²) in [4.78, 5) is 30.1. The number of carbonyl (C=O) groups excluding carboxylic acids is 1. The summed E-state index contributed by atoms with van der Waals surface area (Å²) in [7, 11) is 0. The number of hydrogen-bond acceptors (Lipinski definition) is 6. The van der Waals surface area contributed by atoms with Gasteiger partial charge in [-0.2, -0.15) is 5.10 Å². The first-order chi connectivity index (χ1) is 14.1. The van der Waals surface area contributed by atoms with Gasteiger partial charge in [0.1, 0.15) is 17.1 Å². The van der Waals surface area contributed by atoms with E-state index in [-0.39, 0.29) is 17.9 Å². The number of phenolic OH excluding ortho intramolecular Hbond substituents is 1. The van der Waals surface area contributed by atoms with E-state index in [9.17, 15) is 14.7 Å². The summed E-state index contributed by atoms with van der Waals surface area (Å²) in [6, 6.07) is 16.0. The number of fused-ring (bicyclic) bond motifs is 1. The minimum absolute atomic E-state index is 0.150. The molecule has 2 heterocycles. The number of carbonyl (C=O) groups is 1. The number of nitrogens with zero attached hydrogens (tertiary/aromatic N) is 3. The van der Waals surface area contributed by atoms with Crippen molar-refractivity contribution in [2.45, 2.75) is 6.54 Å². The second-order valence-electron chi connectivity index (χ2n) is 6.26. The molecule has 0 bridgehead atoms. The largest absolute Gasteiger partial charge is 0.508 e. The van der Waals surface area contributed by atoms with Gasteiger partial charge in [0.05, 0.1) is 17.9 Å². The van der Waals surface area contributed by atoms with E-state index < -0.39 is 5.91 Å². The van der Waals surface area contributed by atoms with Crippen LogP contribution in [0.1, 0.15) is 5.56 Å². The molecule has 4 rings (SSSR count). The number of amides is 1. The van der Waals surface area contributed by atoms with E-state index in [0.717, 1.165) is 11.1 Å². The number of phenols is 1. The normalized spacial score (nSPS) is 11.2. The standard InChI is InChI=1S/C21H16N4O3S/c26-16-8-6-14(7-9-16)10-23-24-18(27)11-25-13-22-20-19(21(25)28)17(12-29-20)15-4-2-1-3-5-15/h1-10,12-13,26H,11H2,(H,24,27)/b23-10+. The maximum atomic E-state index is 12.9. The van der Waals surface area contributed by atoms with Crippen LogP contribution in [0.5, 0.6) is 5.75 Å². The van der Waals surface area contributed by atoms with Crippen molar-refractivity contribution in [3.8, 4) is 16.9 Å².